The summed E-state index contributed by atoms with van der Waals surface area (Å²) in [6, 6.07) is 12.1. The van der Waals surface area contributed by atoms with Gasteiger partial charge in [0.2, 0.25) is 5.95 Å². The van der Waals surface area contributed by atoms with Gasteiger partial charge in [0.1, 0.15) is 19.0 Å². The number of halogens is 1. The Bertz CT molecular complexity index is 1190. The van der Waals surface area contributed by atoms with Crippen LogP contribution in [0.5, 0.6) is 17.2 Å². The average Bonchev–Trinajstić information content (AvgIpc) is 2.81. The van der Waals surface area contributed by atoms with Gasteiger partial charge in [0.15, 0.2) is 28.7 Å². The summed E-state index contributed by atoms with van der Waals surface area (Å²) in [7, 11) is 0. The lowest BCUT2D eigenvalue weighted by molar-refractivity contribution is -0.158. The summed E-state index contributed by atoms with van der Waals surface area (Å²) in [5, 5.41) is 5.96. The molecule has 2 aromatic carbocycles. The van der Waals surface area contributed by atoms with Crippen molar-refractivity contribution in [3.05, 3.63) is 54.5 Å². The van der Waals surface area contributed by atoms with Crippen LogP contribution in [0.1, 0.15) is 20.8 Å². The van der Waals surface area contributed by atoms with E-state index in [0.29, 0.717) is 41.8 Å². The minimum Gasteiger partial charge on any atom is -0.486 e. The van der Waals surface area contributed by atoms with Gasteiger partial charge in [0.05, 0.1) is 12.8 Å². The Hall–Kier alpha value is -4.08. The molecule has 0 amide bonds. The van der Waals surface area contributed by atoms with Crippen molar-refractivity contribution in [3.8, 4) is 17.2 Å². The van der Waals surface area contributed by atoms with Gasteiger partial charge in [-0.3, -0.25) is 0 Å². The largest absolute Gasteiger partial charge is 0.486 e. The molecule has 2 N–H and O–H groups in total. The molecule has 34 heavy (non-hydrogen) atoms. The monoisotopic (exact) mass is 468 g/mol. The van der Waals surface area contributed by atoms with E-state index in [9.17, 15) is 9.18 Å². The molecule has 2 heterocycles. The van der Waals surface area contributed by atoms with Crippen LogP contribution in [-0.2, 0) is 9.53 Å². The number of nitrogens with zero attached hydrogens (tertiary/aromatic N) is 2. The second-order valence-electron chi connectivity index (χ2n) is 7.86. The molecule has 0 atom stereocenters. The lowest BCUT2D eigenvalue weighted by atomic mass is 10.1. The number of aromatic nitrogens is 2. The molecule has 0 radical (unpaired) electrons. The van der Waals surface area contributed by atoms with Crippen molar-refractivity contribution >= 4 is 29.1 Å². The molecule has 10 heteroatoms. The number of hydrogen-bond acceptors (Lipinski definition) is 9. The fraction of sp³-hybridized carbons (Fsp3) is 0.292. The third kappa shape index (κ3) is 5.45. The number of carbonyl (C=O) groups excluding carboxylic acids is 1. The summed E-state index contributed by atoms with van der Waals surface area (Å²) in [5.74, 6) is 0.731. The Labute approximate surface area is 196 Å². The molecule has 0 fully saturated rings. The second kappa shape index (κ2) is 9.82. The third-order valence-corrected chi connectivity index (χ3v) is 4.78. The van der Waals surface area contributed by atoms with E-state index in [2.05, 4.69) is 20.6 Å². The predicted molar refractivity (Wildman–Crippen MR) is 124 cm³/mol. The lowest BCUT2D eigenvalue weighted by Gasteiger charge is -2.24. The van der Waals surface area contributed by atoms with Crippen LogP contribution in [0.25, 0.3) is 0 Å². The Balaban J connectivity index is 1.48. The Morgan fingerprint density at radius 3 is 2.65 bits per heavy atom. The predicted octanol–water partition coefficient (Wildman–Crippen LogP) is 4.59. The maximum absolute atomic E-state index is 14.4. The van der Waals surface area contributed by atoms with E-state index in [1.165, 1.54) is 0 Å². The van der Waals surface area contributed by atoms with Crippen LogP contribution in [0.3, 0.4) is 0 Å². The summed E-state index contributed by atoms with van der Waals surface area (Å²) in [4.78, 5) is 20.3. The molecule has 9 nitrogen and oxygen atoms in total. The normalized spacial score (nSPS) is 12.6. The van der Waals surface area contributed by atoms with E-state index in [1.807, 2.05) is 0 Å². The molecule has 4 rings (SSSR count). The molecule has 1 aliphatic heterocycles. The number of hydrogen-bond donors (Lipinski definition) is 2. The van der Waals surface area contributed by atoms with Crippen molar-refractivity contribution < 1.29 is 28.1 Å². The number of benzene rings is 2. The molecule has 0 unspecified atom stereocenters. The van der Waals surface area contributed by atoms with Crippen molar-refractivity contribution in [1.29, 1.82) is 0 Å². The first-order valence-electron chi connectivity index (χ1n) is 10.8. The number of rotatable bonds is 8. The van der Waals surface area contributed by atoms with Gasteiger partial charge in [-0.05, 0) is 45.0 Å². The van der Waals surface area contributed by atoms with E-state index in [1.54, 1.807) is 63.2 Å². The van der Waals surface area contributed by atoms with Crippen LogP contribution < -0.4 is 24.8 Å². The van der Waals surface area contributed by atoms with Crippen molar-refractivity contribution in [3.63, 3.8) is 0 Å². The van der Waals surface area contributed by atoms with Crippen molar-refractivity contribution in [2.75, 3.05) is 30.5 Å². The fourth-order valence-electron chi connectivity index (χ4n) is 3.18. The van der Waals surface area contributed by atoms with Crippen molar-refractivity contribution in [1.82, 2.24) is 9.97 Å². The topological polar surface area (TPSA) is 104 Å². The van der Waals surface area contributed by atoms with Gasteiger partial charge in [0, 0.05) is 23.5 Å². The zero-order chi connectivity index (χ0) is 24.1. The molecule has 0 bridgehead atoms. The number of ether oxygens (including phenoxy) is 4. The number of fused-ring (bicyclic) bond motifs is 1. The van der Waals surface area contributed by atoms with Crippen LogP contribution in [0.15, 0.2) is 48.7 Å². The van der Waals surface area contributed by atoms with Crippen LogP contribution in [0.2, 0.25) is 0 Å². The van der Waals surface area contributed by atoms with Gasteiger partial charge < -0.3 is 29.6 Å². The zero-order valence-electron chi connectivity index (χ0n) is 19.1. The summed E-state index contributed by atoms with van der Waals surface area (Å²) < 4.78 is 36.3. The summed E-state index contributed by atoms with van der Waals surface area (Å²) >= 11 is 0. The van der Waals surface area contributed by atoms with Crippen molar-refractivity contribution in [2.45, 2.75) is 26.4 Å². The smallest absolute Gasteiger partial charge is 0.349 e. The number of carbonyl (C=O) groups is 1. The van der Waals surface area contributed by atoms with Gasteiger partial charge >= 0.3 is 5.97 Å². The highest BCUT2D eigenvalue weighted by Crippen LogP contribution is 2.34. The summed E-state index contributed by atoms with van der Waals surface area (Å²) in [6.45, 7) is 6.19. The second-order valence-corrected chi connectivity index (χ2v) is 7.86. The maximum atomic E-state index is 14.4. The zero-order valence-corrected chi connectivity index (χ0v) is 19.1. The first kappa shape index (κ1) is 23.1. The first-order valence-corrected chi connectivity index (χ1v) is 10.8. The highest BCUT2D eigenvalue weighted by Gasteiger charge is 2.31. The minimum atomic E-state index is -1.16. The van der Waals surface area contributed by atoms with Gasteiger partial charge in [-0.25, -0.2) is 14.2 Å². The van der Waals surface area contributed by atoms with E-state index in [-0.39, 0.29) is 18.4 Å². The Morgan fingerprint density at radius 1 is 1.09 bits per heavy atom. The maximum Gasteiger partial charge on any atom is 0.349 e. The van der Waals surface area contributed by atoms with E-state index < -0.39 is 17.4 Å². The molecule has 0 aliphatic carbocycles. The molecule has 0 saturated heterocycles. The van der Waals surface area contributed by atoms with Gasteiger partial charge in [-0.15, -0.1) is 0 Å². The average molecular weight is 468 g/mol. The van der Waals surface area contributed by atoms with Gasteiger partial charge in [-0.1, -0.05) is 6.07 Å². The molecule has 0 saturated carbocycles. The van der Waals surface area contributed by atoms with Crippen LogP contribution in [0, 0.1) is 5.82 Å². The quantitative estimate of drug-likeness (QED) is 0.459. The number of nitrogens with one attached hydrogen (secondary N) is 2. The van der Waals surface area contributed by atoms with Crippen LogP contribution >= 0.6 is 0 Å². The van der Waals surface area contributed by atoms with Gasteiger partial charge in [-0.2, -0.15) is 4.98 Å². The highest BCUT2D eigenvalue weighted by atomic mass is 19.1. The molecule has 178 valence electrons. The summed E-state index contributed by atoms with van der Waals surface area (Å²) in [6.07, 6.45) is 1.07. The van der Waals surface area contributed by atoms with E-state index in [0.717, 1.165) is 6.20 Å². The van der Waals surface area contributed by atoms with Crippen LogP contribution in [0.4, 0.5) is 27.5 Å². The molecule has 3 aromatic rings. The highest BCUT2D eigenvalue weighted by molar-refractivity contribution is 5.79. The summed E-state index contributed by atoms with van der Waals surface area (Å²) in [5.41, 5.74) is 0.0142. The Morgan fingerprint density at radius 2 is 1.85 bits per heavy atom. The number of esters is 1. The standard InChI is InChI=1S/C24H25FN4O5/c1-4-31-22(30)24(2,3)34-17-7-5-6-15(12-17)28-23-26-14-18(25)21(29-23)27-16-8-9-19-20(13-16)33-11-10-32-19/h5-9,12-14H,4,10-11H2,1-3H3,(H2,26,27,28,29). The molecule has 0 spiro atoms. The first-order chi connectivity index (χ1) is 16.3. The molecular weight excluding hydrogens is 443 g/mol. The fourth-order valence-corrected chi connectivity index (χ4v) is 3.18. The molecule has 1 aliphatic rings. The Kier molecular flexibility index (Phi) is 6.67. The lowest BCUT2D eigenvalue weighted by Crippen LogP contribution is -2.39. The molecular formula is C24H25FN4O5. The van der Waals surface area contributed by atoms with E-state index in [4.69, 9.17) is 18.9 Å². The van der Waals surface area contributed by atoms with E-state index >= 15 is 0 Å². The minimum absolute atomic E-state index is 0.00923. The third-order valence-electron chi connectivity index (χ3n) is 4.78. The van der Waals surface area contributed by atoms with Gasteiger partial charge in [0.25, 0.3) is 0 Å². The van der Waals surface area contributed by atoms with Crippen LogP contribution in [-0.4, -0.2) is 41.4 Å². The SMILES string of the molecule is CCOC(=O)C(C)(C)Oc1cccc(Nc2ncc(F)c(Nc3ccc4c(c3)OCCO4)n2)c1. The molecule has 1 aromatic heterocycles. The van der Waals surface area contributed by atoms with Crippen molar-refractivity contribution in [2.24, 2.45) is 0 Å². The number of anilines is 4.